The van der Waals surface area contributed by atoms with Crippen LogP contribution in [0.25, 0.3) is 21.3 Å². The van der Waals surface area contributed by atoms with E-state index >= 15 is 0 Å². The van der Waals surface area contributed by atoms with Crippen LogP contribution in [0.15, 0.2) is 72.8 Å². The Balaban J connectivity index is 1.34. The average Bonchev–Trinajstić information content (AvgIpc) is 3.51. The highest BCUT2D eigenvalue weighted by Gasteiger charge is 2.30. The summed E-state index contributed by atoms with van der Waals surface area (Å²) < 4.78 is 13.0. The normalized spacial score (nSPS) is 13.3. The maximum absolute atomic E-state index is 14.6. The van der Waals surface area contributed by atoms with Crippen LogP contribution in [-0.4, -0.2) is 60.5 Å². The zero-order valence-corrected chi connectivity index (χ0v) is 32.3. The van der Waals surface area contributed by atoms with E-state index in [-0.39, 0.29) is 24.1 Å². The van der Waals surface area contributed by atoms with E-state index in [0.29, 0.717) is 59.3 Å². The zero-order chi connectivity index (χ0) is 36.5. The Morgan fingerprint density at radius 3 is 2.47 bits per heavy atom. The number of phenols is 1. The van der Waals surface area contributed by atoms with Crippen molar-refractivity contribution < 1.29 is 24.2 Å². The van der Waals surface area contributed by atoms with Gasteiger partial charge in [0.05, 0.1) is 10.2 Å². The van der Waals surface area contributed by atoms with Gasteiger partial charge in [0.15, 0.2) is 10.8 Å². The van der Waals surface area contributed by atoms with E-state index in [2.05, 4.69) is 30.6 Å². The summed E-state index contributed by atoms with van der Waals surface area (Å²) in [7, 11) is -1.33. The SMILES string of the molecule is Cc1c(O)cccc1-c1ccc(N2CCc3cccc(C(=O)N(COCC[Si](C)(C)C)c4nc5ccccc5s4)c3C2)nc1C(=O)OC(C)(C)C. The molecule has 266 valence electrons. The topological polar surface area (TPSA) is 105 Å². The molecular weight excluding hydrogens is 677 g/mol. The number of pyridine rings is 1. The van der Waals surface area contributed by atoms with Gasteiger partial charge in [0.2, 0.25) is 0 Å². The first-order valence-electron chi connectivity index (χ1n) is 17.3. The molecule has 0 spiro atoms. The minimum atomic E-state index is -1.33. The second-order valence-corrected chi connectivity index (χ2v) is 21.8. The van der Waals surface area contributed by atoms with Gasteiger partial charge in [-0.25, -0.2) is 14.8 Å². The molecule has 0 unspecified atom stereocenters. The third kappa shape index (κ3) is 8.32. The third-order valence-corrected chi connectivity index (χ3v) is 11.6. The third-order valence-electron chi connectivity index (χ3n) is 8.87. The van der Waals surface area contributed by atoms with Crippen molar-refractivity contribution in [3.05, 3.63) is 101 Å². The molecule has 1 amide bonds. The van der Waals surface area contributed by atoms with E-state index in [1.165, 1.54) is 11.3 Å². The van der Waals surface area contributed by atoms with Gasteiger partial charge >= 0.3 is 5.97 Å². The molecule has 0 saturated heterocycles. The van der Waals surface area contributed by atoms with Crippen LogP contribution in [0, 0.1) is 6.92 Å². The van der Waals surface area contributed by atoms with Crippen molar-refractivity contribution in [3.8, 4) is 16.9 Å². The molecule has 51 heavy (non-hydrogen) atoms. The number of carbonyl (C=O) groups is 2. The summed E-state index contributed by atoms with van der Waals surface area (Å²) in [5.74, 6) is 0.0229. The van der Waals surface area contributed by atoms with Gasteiger partial charge in [0.25, 0.3) is 5.91 Å². The van der Waals surface area contributed by atoms with Crippen molar-refractivity contribution in [1.29, 1.82) is 0 Å². The van der Waals surface area contributed by atoms with Crippen molar-refractivity contribution in [1.82, 2.24) is 9.97 Å². The lowest BCUT2D eigenvalue weighted by atomic mass is 9.94. The Bertz CT molecular complexity index is 2050. The predicted octanol–water partition coefficient (Wildman–Crippen LogP) is 8.85. The lowest BCUT2D eigenvalue weighted by Gasteiger charge is -2.32. The summed E-state index contributed by atoms with van der Waals surface area (Å²) >= 11 is 1.48. The van der Waals surface area contributed by atoms with Crippen molar-refractivity contribution in [2.24, 2.45) is 0 Å². The second kappa shape index (κ2) is 14.6. The first-order chi connectivity index (χ1) is 24.2. The van der Waals surface area contributed by atoms with Gasteiger partial charge in [-0.2, -0.15) is 0 Å². The molecule has 1 aliphatic heterocycles. The van der Waals surface area contributed by atoms with Crippen LogP contribution < -0.4 is 9.80 Å². The number of amides is 1. The summed E-state index contributed by atoms with van der Waals surface area (Å²) in [4.78, 5) is 41.7. The number of fused-ring (bicyclic) bond motifs is 2. The number of benzene rings is 3. The van der Waals surface area contributed by atoms with Gasteiger partial charge in [-0.1, -0.05) is 67.4 Å². The van der Waals surface area contributed by atoms with Gasteiger partial charge in [-0.15, -0.1) is 0 Å². The molecule has 0 atom stereocenters. The molecule has 5 aromatic rings. The molecule has 11 heteroatoms. The number of aromatic nitrogens is 2. The molecule has 0 radical (unpaired) electrons. The van der Waals surface area contributed by atoms with Crippen LogP contribution in [0.2, 0.25) is 25.7 Å². The number of phenolic OH excluding ortho intramolecular Hbond substituents is 1. The van der Waals surface area contributed by atoms with Crippen LogP contribution in [0.4, 0.5) is 10.9 Å². The lowest BCUT2D eigenvalue weighted by molar-refractivity contribution is 0.00637. The number of anilines is 2. The number of ether oxygens (including phenoxy) is 2. The molecule has 0 bridgehead atoms. The van der Waals surface area contributed by atoms with Gasteiger partial charge in [0, 0.05) is 38.9 Å². The summed E-state index contributed by atoms with van der Waals surface area (Å²) in [6.07, 6.45) is 0.696. The summed E-state index contributed by atoms with van der Waals surface area (Å²) in [5.41, 5.74) is 4.81. The maximum atomic E-state index is 14.6. The fourth-order valence-electron chi connectivity index (χ4n) is 6.07. The zero-order valence-electron chi connectivity index (χ0n) is 30.4. The molecule has 1 N–H and O–H groups in total. The van der Waals surface area contributed by atoms with Gasteiger partial charge < -0.3 is 19.5 Å². The highest BCUT2D eigenvalue weighted by Crippen LogP contribution is 2.35. The highest BCUT2D eigenvalue weighted by molar-refractivity contribution is 7.22. The van der Waals surface area contributed by atoms with E-state index in [1.807, 2.05) is 82.3 Å². The minimum absolute atomic E-state index is 0.104. The molecule has 3 aromatic carbocycles. The van der Waals surface area contributed by atoms with Crippen LogP contribution in [-0.2, 0) is 22.4 Å². The number of rotatable bonds is 10. The molecule has 0 fully saturated rings. The summed E-state index contributed by atoms with van der Waals surface area (Å²) in [6.45, 7) is 16.0. The molecule has 6 rings (SSSR count). The minimum Gasteiger partial charge on any atom is -0.508 e. The monoisotopic (exact) mass is 722 g/mol. The standard InChI is InChI=1S/C40H46N4O5SSi/c1-26-28(13-11-16-33(26)45)29-18-19-35(42-36(29)38(47)49-40(2,3)4)43-21-20-27-12-10-14-30(31(27)24-43)37(46)44(25-48-22-23-51(5,6)7)39-41-32-15-8-9-17-34(32)50-39/h8-19,45H,20-25H2,1-7H3. The smallest absolute Gasteiger partial charge is 0.358 e. The highest BCUT2D eigenvalue weighted by atomic mass is 32.1. The predicted molar refractivity (Wildman–Crippen MR) is 208 cm³/mol. The number of aromatic hydroxyl groups is 1. The lowest BCUT2D eigenvalue weighted by Crippen LogP contribution is -2.37. The molecule has 1 aliphatic rings. The molecule has 0 aliphatic carbocycles. The number of thiazole rings is 1. The largest absolute Gasteiger partial charge is 0.508 e. The fraction of sp³-hybridized carbons (Fsp3) is 0.350. The first-order valence-corrected chi connectivity index (χ1v) is 21.8. The first kappa shape index (κ1) is 36.2. The van der Waals surface area contributed by atoms with E-state index in [9.17, 15) is 14.7 Å². The van der Waals surface area contributed by atoms with E-state index in [4.69, 9.17) is 19.4 Å². The molecule has 9 nitrogen and oxygen atoms in total. The van der Waals surface area contributed by atoms with Crippen LogP contribution in [0.3, 0.4) is 0 Å². The van der Waals surface area contributed by atoms with E-state index in [0.717, 1.165) is 27.4 Å². The number of para-hydroxylation sites is 1. The summed E-state index contributed by atoms with van der Waals surface area (Å²) in [5, 5.41) is 11.1. The quantitative estimate of drug-likeness (QED) is 0.0660. The molecule has 3 heterocycles. The Labute approximate surface area is 304 Å². The number of carbonyl (C=O) groups excluding carboxylic acids is 2. The maximum Gasteiger partial charge on any atom is 0.358 e. The molecular formula is C40H46N4O5SSi. The average molecular weight is 723 g/mol. The Morgan fingerprint density at radius 1 is 0.961 bits per heavy atom. The summed E-state index contributed by atoms with van der Waals surface area (Å²) in [6, 6.07) is 23.8. The second-order valence-electron chi connectivity index (χ2n) is 15.2. The van der Waals surface area contributed by atoms with Crippen molar-refractivity contribution in [2.75, 3.05) is 29.7 Å². The van der Waals surface area contributed by atoms with Gasteiger partial charge in [-0.3, -0.25) is 9.69 Å². The van der Waals surface area contributed by atoms with E-state index < -0.39 is 19.6 Å². The van der Waals surface area contributed by atoms with Crippen molar-refractivity contribution in [3.63, 3.8) is 0 Å². The van der Waals surface area contributed by atoms with Crippen molar-refractivity contribution >= 4 is 52.5 Å². The van der Waals surface area contributed by atoms with Crippen LogP contribution in [0.5, 0.6) is 5.75 Å². The number of hydrogen-bond acceptors (Lipinski definition) is 9. The van der Waals surface area contributed by atoms with Gasteiger partial charge in [0.1, 0.15) is 23.9 Å². The number of hydrogen-bond donors (Lipinski definition) is 1. The Morgan fingerprint density at radius 2 is 1.73 bits per heavy atom. The van der Waals surface area contributed by atoms with Crippen LogP contribution >= 0.6 is 11.3 Å². The van der Waals surface area contributed by atoms with E-state index in [1.54, 1.807) is 17.0 Å². The Kier molecular flexibility index (Phi) is 10.3. The number of nitrogens with zero attached hydrogens (tertiary/aromatic N) is 4. The fourth-order valence-corrected chi connectivity index (χ4v) is 7.78. The number of esters is 1. The van der Waals surface area contributed by atoms with Crippen LogP contribution in [0.1, 0.15) is 58.3 Å². The molecule has 0 saturated carbocycles. The molecule has 2 aromatic heterocycles. The van der Waals surface area contributed by atoms with Gasteiger partial charge in [-0.05, 0) is 98.8 Å². The Hall–Kier alpha value is -4.58. The van der Waals surface area contributed by atoms with Crippen molar-refractivity contribution in [2.45, 2.75) is 71.9 Å².